The first kappa shape index (κ1) is 19.4. The number of likely N-dealkylation sites (N-methyl/N-ethyl adjacent to an activating group) is 1. The monoisotopic (exact) mass is 368 g/mol. The van der Waals surface area contributed by atoms with Gasteiger partial charge in [0.15, 0.2) is 6.61 Å². The lowest BCUT2D eigenvalue weighted by Crippen LogP contribution is -2.32. The molecule has 0 unspecified atom stereocenters. The molecular weight excluding hydrogens is 348 g/mol. The number of aryl methyl sites for hydroxylation is 1. The molecule has 1 aromatic carbocycles. The van der Waals surface area contributed by atoms with E-state index in [0.29, 0.717) is 12.1 Å². The maximum Gasteiger partial charge on any atom is 0.340 e. The Balaban J connectivity index is 2.13. The van der Waals surface area contributed by atoms with Crippen LogP contribution in [0, 0.1) is 18.3 Å². The summed E-state index contributed by atoms with van der Waals surface area (Å²) in [7, 11) is 1.58. The van der Waals surface area contributed by atoms with Crippen LogP contribution in [0.1, 0.15) is 22.4 Å². The molecule has 2 rings (SSSR count). The highest BCUT2D eigenvalue weighted by Crippen LogP contribution is 2.24. The van der Waals surface area contributed by atoms with Crippen molar-refractivity contribution in [1.29, 1.82) is 5.26 Å². The van der Waals surface area contributed by atoms with Crippen LogP contribution < -0.4 is 0 Å². The SMILES string of the molecule is Cc1cccc(/C=C(/C(=O)OCC(=O)N(C)CCC#N)c2cccs2)c1. The Morgan fingerprint density at radius 1 is 1.31 bits per heavy atom. The summed E-state index contributed by atoms with van der Waals surface area (Å²) in [6.45, 7) is 1.94. The van der Waals surface area contributed by atoms with E-state index >= 15 is 0 Å². The van der Waals surface area contributed by atoms with Gasteiger partial charge in [-0.1, -0.05) is 35.9 Å². The van der Waals surface area contributed by atoms with Crippen LogP contribution in [0.25, 0.3) is 11.6 Å². The third-order valence-corrected chi connectivity index (χ3v) is 4.57. The van der Waals surface area contributed by atoms with Crippen LogP contribution in [-0.4, -0.2) is 37.0 Å². The van der Waals surface area contributed by atoms with Gasteiger partial charge in [0.1, 0.15) is 0 Å². The quantitative estimate of drug-likeness (QED) is 0.554. The largest absolute Gasteiger partial charge is 0.452 e. The van der Waals surface area contributed by atoms with Crippen molar-refractivity contribution in [3.8, 4) is 6.07 Å². The average Bonchev–Trinajstić information content (AvgIpc) is 3.16. The fourth-order valence-corrected chi connectivity index (χ4v) is 2.98. The Labute approximate surface area is 157 Å². The zero-order valence-electron chi connectivity index (χ0n) is 14.8. The van der Waals surface area contributed by atoms with Crippen molar-refractivity contribution in [3.05, 3.63) is 57.8 Å². The normalized spacial score (nSPS) is 10.9. The minimum Gasteiger partial charge on any atom is -0.452 e. The first-order valence-electron chi connectivity index (χ1n) is 8.11. The van der Waals surface area contributed by atoms with Gasteiger partial charge in [0, 0.05) is 18.5 Å². The molecule has 0 spiro atoms. The average molecular weight is 368 g/mol. The Hall–Kier alpha value is -2.91. The van der Waals surface area contributed by atoms with Crippen molar-refractivity contribution in [2.75, 3.05) is 20.2 Å². The number of nitrogens with zero attached hydrogens (tertiary/aromatic N) is 2. The van der Waals surface area contributed by atoms with E-state index in [2.05, 4.69) is 0 Å². The van der Waals surface area contributed by atoms with Crippen LogP contribution in [0.15, 0.2) is 41.8 Å². The summed E-state index contributed by atoms with van der Waals surface area (Å²) in [6, 6.07) is 13.5. The molecule has 0 aliphatic carbocycles. The van der Waals surface area contributed by atoms with Crippen molar-refractivity contribution in [1.82, 2.24) is 4.90 Å². The molecule has 6 heteroatoms. The zero-order chi connectivity index (χ0) is 18.9. The molecule has 0 fully saturated rings. The van der Waals surface area contributed by atoms with E-state index < -0.39 is 5.97 Å². The number of hydrogen-bond donors (Lipinski definition) is 0. The van der Waals surface area contributed by atoms with Gasteiger partial charge in [0.05, 0.1) is 18.1 Å². The third kappa shape index (κ3) is 5.57. The topological polar surface area (TPSA) is 70.4 Å². The highest BCUT2D eigenvalue weighted by molar-refractivity contribution is 7.11. The Kier molecular flexibility index (Phi) is 7.12. The highest BCUT2D eigenvalue weighted by atomic mass is 32.1. The minimum atomic E-state index is -0.545. The Bertz CT molecular complexity index is 835. The van der Waals surface area contributed by atoms with E-state index in [-0.39, 0.29) is 18.9 Å². The van der Waals surface area contributed by atoms with E-state index in [1.165, 1.54) is 16.2 Å². The maximum atomic E-state index is 12.6. The lowest BCUT2D eigenvalue weighted by molar-refractivity contribution is -0.146. The molecule has 1 aromatic heterocycles. The van der Waals surface area contributed by atoms with Crippen molar-refractivity contribution in [3.63, 3.8) is 0 Å². The van der Waals surface area contributed by atoms with Crippen LogP contribution in [0.2, 0.25) is 0 Å². The second-order valence-electron chi connectivity index (χ2n) is 5.75. The number of thiophene rings is 1. The van der Waals surface area contributed by atoms with Crippen molar-refractivity contribution >= 4 is 34.9 Å². The molecule has 0 N–H and O–H groups in total. The molecule has 0 aliphatic rings. The molecular formula is C20H20N2O3S. The number of hydrogen-bond acceptors (Lipinski definition) is 5. The van der Waals surface area contributed by atoms with Crippen molar-refractivity contribution < 1.29 is 14.3 Å². The Morgan fingerprint density at radius 2 is 2.12 bits per heavy atom. The van der Waals surface area contributed by atoms with Gasteiger partial charge in [-0.2, -0.15) is 5.26 Å². The van der Waals surface area contributed by atoms with Crippen molar-refractivity contribution in [2.45, 2.75) is 13.3 Å². The molecule has 0 saturated carbocycles. The van der Waals surface area contributed by atoms with Gasteiger partial charge in [0.2, 0.25) is 0 Å². The van der Waals surface area contributed by atoms with Crippen LogP contribution in [0.3, 0.4) is 0 Å². The molecule has 2 aromatic rings. The number of esters is 1. The van der Waals surface area contributed by atoms with E-state index in [0.717, 1.165) is 16.0 Å². The number of nitriles is 1. The molecule has 134 valence electrons. The lowest BCUT2D eigenvalue weighted by atomic mass is 10.1. The van der Waals surface area contributed by atoms with Gasteiger partial charge < -0.3 is 9.64 Å². The first-order chi connectivity index (χ1) is 12.5. The first-order valence-corrected chi connectivity index (χ1v) is 8.99. The van der Waals surface area contributed by atoms with E-state index in [1.807, 2.05) is 54.8 Å². The third-order valence-electron chi connectivity index (χ3n) is 3.67. The van der Waals surface area contributed by atoms with E-state index in [4.69, 9.17) is 10.00 Å². The second kappa shape index (κ2) is 9.54. The predicted octanol–water partition coefficient (Wildman–Crippen LogP) is 3.51. The van der Waals surface area contributed by atoms with Gasteiger partial charge in [-0.15, -0.1) is 11.3 Å². The maximum absolute atomic E-state index is 12.6. The van der Waals surface area contributed by atoms with Crippen LogP contribution in [0.5, 0.6) is 0 Å². The second-order valence-corrected chi connectivity index (χ2v) is 6.70. The van der Waals surface area contributed by atoms with Gasteiger partial charge in [0.25, 0.3) is 5.91 Å². The lowest BCUT2D eigenvalue weighted by Gasteiger charge is -2.15. The van der Waals surface area contributed by atoms with Gasteiger partial charge in [-0.25, -0.2) is 4.79 Å². The number of ether oxygens (including phenoxy) is 1. The predicted molar refractivity (Wildman–Crippen MR) is 102 cm³/mol. The van der Waals surface area contributed by atoms with Crippen LogP contribution >= 0.6 is 11.3 Å². The van der Waals surface area contributed by atoms with E-state index in [1.54, 1.807) is 13.1 Å². The van der Waals surface area contributed by atoms with Gasteiger partial charge in [-0.05, 0) is 30.0 Å². The molecule has 0 atom stereocenters. The zero-order valence-corrected chi connectivity index (χ0v) is 15.6. The fraction of sp³-hybridized carbons (Fsp3) is 0.250. The number of amides is 1. The van der Waals surface area contributed by atoms with Gasteiger partial charge >= 0.3 is 5.97 Å². The summed E-state index contributed by atoms with van der Waals surface area (Å²) in [6.07, 6.45) is 2.01. The fourth-order valence-electron chi connectivity index (χ4n) is 2.25. The molecule has 0 aliphatic heterocycles. The number of carbonyl (C=O) groups excluding carboxylic acids is 2. The molecule has 5 nitrogen and oxygen atoms in total. The molecule has 0 radical (unpaired) electrons. The molecule has 1 heterocycles. The molecule has 26 heavy (non-hydrogen) atoms. The summed E-state index contributed by atoms with van der Waals surface area (Å²) >= 11 is 1.43. The number of benzene rings is 1. The highest BCUT2D eigenvalue weighted by Gasteiger charge is 2.18. The molecule has 0 bridgehead atoms. The van der Waals surface area contributed by atoms with E-state index in [9.17, 15) is 9.59 Å². The van der Waals surface area contributed by atoms with Crippen LogP contribution in [-0.2, 0) is 14.3 Å². The van der Waals surface area contributed by atoms with Gasteiger partial charge in [-0.3, -0.25) is 4.79 Å². The summed E-state index contributed by atoms with van der Waals surface area (Å²) in [5, 5.41) is 10.5. The molecule has 1 amide bonds. The van der Waals surface area contributed by atoms with Crippen LogP contribution in [0.4, 0.5) is 0 Å². The number of carbonyl (C=O) groups is 2. The smallest absolute Gasteiger partial charge is 0.340 e. The molecule has 0 saturated heterocycles. The van der Waals surface area contributed by atoms with Crippen molar-refractivity contribution in [2.24, 2.45) is 0 Å². The summed E-state index contributed by atoms with van der Waals surface area (Å²) in [5.74, 6) is -0.884. The summed E-state index contributed by atoms with van der Waals surface area (Å²) in [4.78, 5) is 26.7. The standard InChI is InChI=1S/C20H20N2O3S/c1-15-6-3-7-16(12-15)13-17(18-8-4-11-26-18)20(24)25-14-19(23)22(2)10-5-9-21/h3-4,6-8,11-13H,5,10,14H2,1-2H3/b17-13+. The minimum absolute atomic E-state index is 0.240. The summed E-state index contributed by atoms with van der Waals surface area (Å²) < 4.78 is 5.22. The summed E-state index contributed by atoms with van der Waals surface area (Å²) in [5.41, 5.74) is 2.40. The Morgan fingerprint density at radius 3 is 2.77 bits per heavy atom. The number of rotatable bonds is 7.